The van der Waals surface area contributed by atoms with Gasteiger partial charge in [0.1, 0.15) is 0 Å². The average molecular weight is 206 g/mol. The van der Waals surface area contributed by atoms with E-state index in [0.29, 0.717) is 5.92 Å². The highest BCUT2D eigenvalue weighted by Gasteiger charge is 2.03. The second kappa shape index (κ2) is 7.43. The number of hydrogen-bond acceptors (Lipinski definition) is 2. The van der Waals surface area contributed by atoms with Gasteiger partial charge in [0.2, 0.25) is 0 Å². The first-order valence-electron chi connectivity index (χ1n) is 5.80. The fraction of sp³-hybridized carbons (Fsp3) is 0.538. The van der Waals surface area contributed by atoms with Crippen molar-refractivity contribution in [2.45, 2.75) is 25.7 Å². The average Bonchev–Trinajstić information content (AvgIpc) is 2.30. The summed E-state index contributed by atoms with van der Waals surface area (Å²) in [7, 11) is 0. The Morgan fingerprint density at radius 1 is 1.20 bits per heavy atom. The third-order valence-corrected chi connectivity index (χ3v) is 2.68. The predicted octanol–water partition coefficient (Wildman–Crippen LogP) is 2.12. The van der Waals surface area contributed by atoms with Crippen LogP contribution in [0.15, 0.2) is 30.3 Å². The van der Waals surface area contributed by atoms with Crippen molar-refractivity contribution in [2.75, 3.05) is 19.6 Å². The molecule has 0 aliphatic heterocycles. The molecule has 0 radical (unpaired) electrons. The third-order valence-electron chi connectivity index (χ3n) is 2.68. The standard InChI is InChI=1S/C13H22N2/c1-12(8-11-15-10-5-9-14)13-6-3-2-4-7-13/h2-4,6-7,12,15H,5,8-11,14H2,1H3. The van der Waals surface area contributed by atoms with Crippen molar-refractivity contribution < 1.29 is 0 Å². The van der Waals surface area contributed by atoms with Gasteiger partial charge in [0.25, 0.3) is 0 Å². The molecule has 0 saturated carbocycles. The van der Waals surface area contributed by atoms with Crippen LogP contribution in [0.1, 0.15) is 31.2 Å². The summed E-state index contributed by atoms with van der Waals surface area (Å²) in [5.74, 6) is 0.636. The van der Waals surface area contributed by atoms with Crippen molar-refractivity contribution in [1.29, 1.82) is 0 Å². The molecular weight excluding hydrogens is 184 g/mol. The molecule has 0 heterocycles. The predicted molar refractivity (Wildman–Crippen MR) is 66.0 cm³/mol. The van der Waals surface area contributed by atoms with Crippen LogP contribution in [0.25, 0.3) is 0 Å². The van der Waals surface area contributed by atoms with Crippen LogP contribution in [-0.2, 0) is 0 Å². The molecule has 3 N–H and O–H groups in total. The van der Waals surface area contributed by atoms with Gasteiger partial charge in [0.05, 0.1) is 0 Å². The smallest absolute Gasteiger partial charge is 0.00369 e. The topological polar surface area (TPSA) is 38.0 Å². The lowest BCUT2D eigenvalue weighted by Gasteiger charge is -2.12. The Morgan fingerprint density at radius 2 is 1.93 bits per heavy atom. The first-order chi connectivity index (χ1) is 7.34. The highest BCUT2D eigenvalue weighted by molar-refractivity contribution is 5.18. The molecule has 0 amide bonds. The van der Waals surface area contributed by atoms with Gasteiger partial charge in [0.15, 0.2) is 0 Å². The van der Waals surface area contributed by atoms with E-state index in [2.05, 4.69) is 42.6 Å². The Kier molecular flexibility index (Phi) is 6.05. The summed E-state index contributed by atoms with van der Waals surface area (Å²) in [6.07, 6.45) is 2.26. The quantitative estimate of drug-likeness (QED) is 0.671. The molecule has 2 heteroatoms. The van der Waals surface area contributed by atoms with Crippen molar-refractivity contribution in [1.82, 2.24) is 5.32 Å². The molecule has 1 rings (SSSR count). The molecular formula is C13H22N2. The van der Waals surface area contributed by atoms with Gasteiger partial charge in [-0.2, -0.15) is 0 Å². The van der Waals surface area contributed by atoms with Crippen molar-refractivity contribution in [3.8, 4) is 0 Å². The Balaban J connectivity index is 2.16. The largest absolute Gasteiger partial charge is 0.330 e. The fourth-order valence-corrected chi connectivity index (χ4v) is 1.62. The van der Waals surface area contributed by atoms with Crippen LogP contribution < -0.4 is 11.1 Å². The third kappa shape index (κ3) is 4.96. The maximum absolute atomic E-state index is 5.42. The maximum Gasteiger partial charge on any atom is -0.00369 e. The van der Waals surface area contributed by atoms with Crippen molar-refractivity contribution in [3.05, 3.63) is 35.9 Å². The van der Waals surface area contributed by atoms with Crippen molar-refractivity contribution in [3.63, 3.8) is 0 Å². The van der Waals surface area contributed by atoms with Crippen molar-refractivity contribution in [2.24, 2.45) is 5.73 Å². The second-order valence-corrected chi connectivity index (χ2v) is 3.99. The lowest BCUT2D eigenvalue weighted by atomic mass is 9.98. The first-order valence-corrected chi connectivity index (χ1v) is 5.80. The molecule has 1 atom stereocenters. The first kappa shape index (κ1) is 12.2. The van der Waals surface area contributed by atoms with E-state index in [1.54, 1.807) is 0 Å². The van der Waals surface area contributed by atoms with Gasteiger partial charge in [-0.3, -0.25) is 0 Å². The SMILES string of the molecule is CC(CCNCCCN)c1ccccc1. The van der Waals surface area contributed by atoms with Crippen LogP contribution in [-0.4, -0.2) is 19.6 Å². The summed E-state index contributed by atoms with van der Waals surface area (Å²) in [4.78, 5) is 0. The van der Waals surface area contributed by atoms with Crippen LogP contribution in [0.2, 0.25) is 0 Å². The molecule has 0 fully saturated rings. The molecule has 0 aliphatic rings. The minimum atomic E-state index is 0.636. The zero-order valence-electron chi connectivity index (χ0n) is 9.58. The van der Waals surface area contributed by atoms with E-state index < -0.39 is 0 Å². The van der Waals surface area contributed by atoms with E-state index in [1.807, 2.05) is 0 Å². The normalized spacial score (nSPS) is 12.7. The summed E-state index contributed by atoms with van der Waals surface area (Å²) in [6, 6.07) is 10.7. The van der Waals surface area contributed by atoms with Crippen LogP contribution in [0.5, 0.6) is 0 Å². The molecule has 0 bridgehead atoms. The lowest BCUT2D eigenvalue weighted by molar-refractivity contribution is 0.584. The van der Waals surface area contributed by atoms with Gasteiger partial charge in [-0.25, -0.2) is 0 Å². The molecule has 15 heavy (non-hydrogen) atoms. The molecule has 1 unspecified atom stereocenters. The summed E-state index contributed by atoms with van der Waals surface area (Å²) in [5.41, 5.74) is 6.85. The summed E-state index contributed by atoms with van der Waals surface area (Å²) in [5, 5.41) is 3.41. The number of nitrogens with two attached hydrogens (primary N) is 1. The second-order valence-electron chi connectivity index (χ2n) is 3.99. The minimum absolute atomic E-state index is 0.636. The van der Waals surface area contributed by atoms with E-state index in [4.69, 9.17) is 5.73 Å². The van der Waals surface area contributed by atoms with E-state index in [1.165, 1.54) is 12.0 Å². The molecule has 0 aliphatic carbocycles. The van der Waals surface area contributed by atoms with Crippen LogP contribution in [0.4, 0.5) is 0 Å². The van der Waals surface area contributed by atoms with Gasteiger partial charge in [-0.15, -0.1) is 0 Å². The van der Waals surface area contributed by atoms with E-state index >= 15 is 0 Å². The van der Waals surface area contributed by atoms with Gasteiger partial charge in [-0.1, -0.05) is 37.3 Å². The van der Waals surface area contributed by atoms with Crippen LogP contribution >= 0.6 is 0 Å². The molecule has 0 aromatic heterocycles. The number of rotatable bonds is 7. The molecule has 84 valence electrons. The van der Waals surface area contributed by atoms with Crippen molar-refractivity contribution >= 4 is 0 Å². The Morgan fingerprint density at radius 3 is 2.60 bits per heavy atom. The van der Waals surface area contributed by atoms with Gasteiger partial charge < -0.3 is 11.1 Å². The fourth-order valence-electron chi connectivity index (χ4n) is 1.62. The van der Waals surface area contributed by atoms with E-state index in [9.17, 15) is 0 Å². The maximum atomic E-state index is 5.42. The molecule has 2 nitrogen and oxygen atoms in total. The minimum Gasteiger partial charge on any atom is -0.330 e. The van der Waals surface area contributed by atoms with E-state index in [-0.39, 0.29) is 0 Å². The van der Waals surface area contributed by atoms with Gasteiger partial charge >= 0.3 is 0 Å². The van der Waals surface area contributed by atoms with Gasteiger partial charge in [-0.05, 0) is 44.0 Å². The Hall–Kier alpha value is -0.860. The number of benzene rings is 1. The number of nitrogens with one attached hydrogen (secondary N) is 1. The summed E-state index contributed by atoms with van der Waals surface area (Å²) in [6.45, 7) is 5.18. The molecule has 1 aromatic rings. The monoisotopic (exact) mass is 206 g/mol. The molecule has 1 aromatic carbocycles. The summed E-state index contributed by atoms with van der Waals surface area (Å²) < 4.78 is 0. The van der Waals surface area contributed by atoms with Crippen LogP contribution in [0.3, 0.4) is 0 Å². The zero-order chi connectivity index (χ0) is 10.9. The Bertz CT molecular complexity index is 246. The lowest BCUT2D eigenvalue weighted by Crippen LogP contribution is -2.20. The zero-order valence-corrected chi connectivity index (χ0v) is 9.58. The highest BCUT2D eigenvalue weighted by Crippen LogP contribution is 2.17. The van der Waals surface area contributed by atoms with Crippen LogP contribution in [0, 0.1) is 0 Å². The molecule has 0 spiro atoms. The number of hydrogen-bond donors (Lipinski definition) is 2. The van der Waals surface area contributed by atoms with Gasteiger partial charge in [0, 0.05) is 0 Å². The summed E-state index contributed by atoms with van der Waals surface area (Å²) >= 11 is 0. The highest BCUT2D eigenvalue weighted by atomic mass is 14.8. The molecule has 0 saturated heterocycles. The Labute approximate surface area is 92.9 Å². The van der Waals surface area contributed by atoms with E-state index in [0.717, 1.165) is 26.1 Å².